The SMILES string of the molecule is CSc1ccc(S(=O)(=O)Nc2ccc(C(=O)NCc3cccc(Cl)c3)cc2)cc1. The quantitative estimate of drug-likeness (QED) is 0.511. The van der Waals surface area contributed by atoms with Gasteiger partial charge in [-0.25, -0.2) is 8.42 Å². The maximum Gasteiger partial charge on any atom is 0.261 e. The summed E-state index contributed by atoms with van der Waals surface area (Å²) >= 11 is 7.48. The zero-order valence-corrected chi connectivity index (χ0v) is 17.9. The van der Waals surface area contributed by atoms with Crippen LogP contribution in [0, 0.1) is 0 Å². The Morgan fingerprint density at radius 3 is 2.31 bits per heavy atom. The molecule has 0 atom stereocenters. The molecule has 2 N–H and O–H groups in total. The van der Waals surface area contributed by atoms with Gasteiger partial charge in [-0.3, -0.25) is 9.52 Å². The number of carbonyl (C=O) groups excluding carboxylic acids is 1. The molecule has 5 nitrogen and oxygen atoms in total. The van der Waals surface area contributed by atoms with E-state index < -0.39 is 10.0 Å². The third-order valence-corrected chi connectivity index (χ3v) is 6.49. The molecule has 0 saturated heterocycles. The lowest BCUT2D eigenvalue weighted by molar-refractivity contribution is 0.0951. The minimum Gasteiger partial charge on any atom is -0.348 e. The number of rotatable bonds is 7. The number of hydrogen-bond acceptors (Lipinski definition) is 4. The summed E-state index contributed by atoms with van der Waals surface area (Å²) < 4.78 is 27.5. The van der Waals surface area contributed by atoms with E-state index in [1.807, 2.05) is 18.4 Å². The Kier molecular flexibility index (Phi) is 6.84. The first-order chi connectivity index (χ1) is 13.9. The van der Waals surface area contributed by atoms with Crippen LogP contribution in [0.4, 0.5) is 5.69 Å². The molecule has 0 unspecified atom stereocenters. The first-order valence-electron chi connectivity index (χ1n) is 8.67. The molecular formula is C21H19ClN2O3S2. The highest BCUT2D eigenvalue weighted by Gasteiger charge is 2.14. The van der Waals surface area contributed by atoms with Crippen LogP contribution in [-0.4, -0.2) is 20.6 Å². The summed E-state index contributed by atoms with van der Waals surface area (Å²) in [5.41, 5.74) is 1.70. The van der Waals surface area contributed by atoms with Gasteiger partial charge in [0.1, 0.15) is 0 Å². The van der Waals surface area contributed by atoms with Crippen LogP contribution in [0.5, 0.6) is 0 Å². The van der Waals surface area contributed by atoms with E-state index in [1.165, 1.54) is 11.8 Å². The molecule has 3 aromatic carbocycles. The number of halogens is 1. The van der Waals surface area contributed by atoms with Crippen LogP contribution in [0.3, 0.4) is 0 Å². The number of anilines is 1. The van der Waals surface area contributed by atoms with Gasteiger partial charge in [0, 0.05) is 27.7 Å². The molecule has 3 aromatic rings. The monoisotopic (exact) mass is 446 g/mol. The Labute approximate surface area is 179 Å². The van der Waals surface area contributed by atoms with Crippen LogP contribution in [0.2, 0.25) is 5.02 Å². The van der Waals surface area contributed by atoms with Crippen molar-refractivity contribution in [2.24, 2.45) is 0 Å². The Balaban J connectivity index is 1.63. The molecule has 0 heterocycles. The molecule has 0 aliphatic rings. The average Bonchev–Trinajstić information content (AvgIpc) is 2.72. The number of amides is 1. The number of benzene rings is 3. The van der Waals surface area contributed by atoms with E-state index in [0.29, 0.717) is 22.8 Å². The lowest BCUT2D eigenvalue weighted by Gasteiger charge is -2.10. The van der Waals surface area contributed by atoms with Crippen LogP contribution in [0.25, 0.3) is 0 Å². The van der Waals surface area contributed by atoms with Crippen molar-refractivity contribution >= 4 is 45.0 Å². The van der Waals surface area contributed by atoms with Crippen molar-refractivity contribution in [2.75, 3.05) is 11.0 Å². The standard InChI is InChI=1S/C21H19ClN2O3S2/c1-28-19-9-11-20(12-10-19)29(26,27)24-18-7-5-16(6-8-18)21(25)23-14-15-3-2-4-17(22)13-15/h2-13,24H,14H2,1H3,(H,23,25). The number of nitrogens with one attached hydrogen (secondary N) is 2. The summed E-state index contributed by atoms with van der Waals surface area (Å²) in [6, 6.07) is 20.1. The second-order valence-corrected chi connectivity index (χ2v) is 9.17. The Morgan fingerprint density at radius 2 is 1.69 bits per heavy atom. The third kappa shape index (κ3) is 5.76. The summed E-state index contributed by atoms with van der Waals surface area (Å²) in [6.45, 7) is 0.347. The Hall–Kier alpha value is -2.48. The highest BCUT2D eigenvalue weighted by atomic mass is 35.5. The summed E-state index contributed by atoms with van der Waals surface area (Å²) in [5, 5.41) is 3.42. The maximum atomic E-state index is 12.5. The fraction of sp³-hybridized carbons (Fsp3) is 0.0952. The molecule has 0 radical (unpaired) electrons. The summed E-state index contributed by atoms with van der Waals surface area (Å²) in [4.78, 5) is 13.5. The molecule has 3 rings (SSSR count). The molecule has 0 aliphatic heterocycles. The van der Waals surface area contributed by atoms with Gasteiger partial charge >= 0.3 is 0 Å². The van der Waals surface area contributed by atoms with Gasteiger partial charge in [-0.05, 0) is 72.5 Å². The van der Waals surface area contributed by atoms with Crippen molar-refractivity contribution in [2.45, 2.75) is 16.3 Å². The third-order valence-electron chi connectivity index (χ3n) is 4.11. The molecule has 0 saturated carbocycles. The van der Waals surface area contributed by atoms with E-state index in [0.717, 1.165) is 10.5 Å². The summed E-state index contributed by atoms with van der Waals surface area (Å²) in [5.74, 6) is -0.257. The molecule has 0 bridgehead atoms. The van der Waals surface area contributed by atoms with Crippen molar-refractivity contribution in [3.8, 4) is 0 Å². The van der Waals surface area contributed by atoms with E-state index in [2.05, 4.69) is 10.0 Å². The highest BCUT2D eigenvalue weighted by molar-refractivity contribution is 7.98. The molecule has 0 aliphatic carbocycles. The smallest absolute Gasteiger partial charge is 0.261 e. The van der Waals surface area contributed by atoms with Gasteiger partial charge in [0.2, 0.25) is 0 Å². The van der Waals surface area contributed by atoms with Crippen LogP contribution >= 0.6 is 23.4 Å². The van der Waals surface area contributed by atoms with Crippen molar-refractivity contribution in [3.63, 3.8) is 0 Å². The first kappa shape index (κ1) is 21.2. The highest BCUT2D eigenvalue weighted by Crippen LogP contribution is 2.20. The lowest BCUT2D eigenvalue weighted by atomic mass is 10.2. The zero-order valence-electron chi connectivity index (χ0n) is 15.6. The summed E-state index contributed by atoms with van der Waals surface area (Å²) in [6.07, 6.45) is 1.93. The van der Waals surface area contributed by atoms with Crippen LogP contribution in [0.15, 0.2) is 82.6 Å². The van der Waals surface area contributed by atoms with Crippen molar-refractivity contribution in [1.29, 1.82) is 0 Å². The molecule has 29 heavy (non-hydrogen) atoms. The zero-order chi connectivity index (χ0) is 20.9. The number of sulfonamides is 1. The normalized spacial score (nSPS) is 11.1. The first-order valence-corrected chi connectivity index (χ1v) is 11.8. The second kappa shape index (κ2) is 9.35. The van der Waals surface area contributed by atoms with Gasteiger partial charge in [-0.2, -0.15) is 0 Å². The largest absolute Gasteiger partial charge is 0.348 e. The van der Waals surface area contributed by atoms with Crippen LogP contribution in [-0.2, 0) is 16.6 Å². The van der Waals surface area contributed by atoms with E-state index in [1.54, 1.807) is 60.7 Å². The van der Waals surface area contributed by atoms with Gasteiger partial charge < -0.3 is 5.32 Å². The fourth-order valence-corrected chi connectivity index (χ4v) is 4.27. The number of hydrogen-bond donors (Lipinski definition) is 2. The molecule has 1 amide bonds. The predicted molar refractivity (Wildman–Crippen MR) is 118 cm³/mol. The van der Waals surface area contributed by atoms with E-state index in [-0.39, 0.29) is 10.8 Å². The van der Waals surface area contributed by atoms with Crippen LogP contribution < -0.4 is 10.0 Å². The van der Waals surface area contributed by atoms with Crippen molar-refractivity contribution in [3.05, 3.63) is 88.9 Å². The number of thioether (sulfide) groups is 1. The van der Waals surface area contributed by atoms with Gasteiger partial charge in [0.25, 0.3) is 15.9 Å². The minimum absolute atomic E-state index is 0.179. The second-order valence-electron chi connectivity index (χ2n) is 6.17. The van der Waals surface area contributed by atoms with Crippen molar-refractivity contribution in [1.82, 2.24) is 5.32 Å². The van der Waals surface area contributed by atoms with Crippen molar-refractivity contribution < 1.29 is 13.2 Å². The minimum atomic E-state index is -3.69. The van der Waals surface area contributed by atoms with Gasteiger partial charge in [0.15, 0.2) is 0 Å². The van der Waals surface area contributed by atoms with Gasteiger partial charge in [0.05, 0.1) is 4.90 Å². The Morgan fingerprint density at radius 1 is 1.00 bits per heavy atom. The maximum absolute atomic E-state index is 12.5. The topological polar surface area (TPSA) is 75.3 Å². The molecular weight excluding hydrogens is 428 g/mol. The molecule has 150 valence electrons. The van der Waals surface area contributed by atoms with E-state index >= 15 is 0 Å². The van der Waals surface area contributed by atoms with E-state index in [4.69, 9.17) is 11.6 Å². The lowest BCUT2D eigenvalue weighted by Crippen LogP contribution is -2.22. The van der Waals surface area contributed by atoms with Gasteiger partial charge in [-0.15, -0.1) is 11.8 Å². The average molecular weight is 447 g/mol. The molecule has 8 heteroatoms. The van der Waals surface area contributed by atoms with E-state index in [9.17, 15) is 13.2 Å². The molecule has 0 fully saturated rings. The Bertz CT molecular complexity index is 1100. The fourth-order valence-electron chi connectivity index (χ4n) is 2.59. The summed E-state index contributed by atoms with van der Waals surface area (Å²) in [7, 11) is -3.69. The molecule has 0 aromatic heterocycles. The molecule has 0 spiro atoms. The predicted octanol–water partition coefficient (Wildman–Crippen LogP) is 4.79. The number of carbonyl (C=O) groups is 1. The van der Waals surface area contributed by atoms with Crippen LogP contribution in [0.1, 0.15) is 15.9 Å². The van der Waals surface area contributed by atoms with Gasteiger partial charge in [-0.1, -0.05) is 23.7 Å².